The molecule has 1 aromatic carbocycles. The Kier molecular flexibility index (Phi) is 5.68. The minimum absolute atomic E-state index is 0.149. The molecule has 0 bridgehead atoms. The molecular formula is C19H27NO5. The number of carbonyl (C=O) groups is 1. The molecule has 0 spiro atoms. The first-order valence-corrected chi connectivity index (χ1v) is 8.98. The lowest BCUT2D eigenvalue weighted by Gasteiger charge is -2.37. The predicted molar refractivity (Wildman–Crippen MR) is 93.1 cm³/mol. The van der Waals surface area contributed by atoms with Crippen LogP contribution in [0.5, 0.6) is 17.2 Å². The molecule has 6 heteroatoms. The van der Waals surface area contributed by atoms with Crippen molar-refractivity contribution in [2.24, 2.45) is 5.92 Å². The van der Waals surface area contributed by atoms with Crippen LogP contribution in [-0.4, -0.2) is 55.4 Å². The van der Waals surface area contributed by atoms with Gasteiger partial charge in [-0.1, -0.05) is 12.8 Å². The van der Waals surface area contributed by atoms with Crippen molar-refractivity contribution in [3.8, 4) is 17.2 Å². The van der Waals surface area contributed by atoms with Gasteiger partial charge >= 0.3 is 0 Å². The molecule has 1 saturated heterocycles. The molecule has 1 amide bonds. The Morgan fingerprint density at radius 1 is 1.12 bits per heavy atom. The Bertz CT molecular complexity index is 599. The largest absolute Gasteiger partial charge is 0.493 e. The molecule has 138 valence electrons. The van der Waals surface area contributed by atoms with Gasteiger partial charge in [-0.05, 0) is 25.0 Å². The number of nitrogens with zero attached hydrogens (tertiary/aromatic N) is 1. The van der Waals surface area contributed by atoms with Crippen LogP contribution in [0, 0.1) is 5.92 Å². The number of piperidine rings is 1. The Labute approximate surface area is 148 Å². The molecule has 0 aromatic heterocycles. The van der Waals surface area contributed by atoms with E-state index in [2.05, 4.69) is 0 Å². The smallest absolute Gasteiger partial charge is 0.225 e. The quantitative estimate of drug-likeness (QED) is 0.883. The second-order valence-corrected chi connectivity index (χ2v) is 6.79. The monoisotopic (exact) mass is 349 g/mol. The first-order valence-electron chi connectivity index (χ1n) is 8.98. The lowest BCUT2D eigenvalue weighted by Crippen LogP contribution is -2.52. The molecule has 0 radical (unpaired) electrons. The van der Waals surface area contributed by atoms with E-state index in [0.29, 0.717) is 36.8 Å². The van der Waals surface area contributed by atoms with Gasteiger partial charge in [0.15, 0.2) is 11.5 Å². The molecule has 1 aromatic rings. The van der Waals surface area contributed by atoms with Crippen LogP contribution in [0.25, 0.3) is 0 Å². The third-order valence-corrected chi connectivity index (χ3v) is 5.18. The first-order chi connectivity index (χ1) is 12.1. The number of hydrogen-bond acceptors (Lipinski definition) is 5. The van der Waals surface area contributed by atoms with Crippen molar-refractivity contribution in [3.05, 3.63) is 18.2 Å². The third kappa shape index (κ3) is 4.00. The highest BCUT2D eigenvalue weighted by Crippen LogP contribution is 2.32. The van der Waals surface area contributed by atoms with Gasteiger partial charge in [0.2, 0.25) is 5.91 Å². The molecule has 1 heterocycles. The van der Waals surface area contributed by atoms with Crippen molar-refractivity contribution < 1.29 is 24.1 Å². The second kappa shape index (κ2) is 7.95. The molecule has 2 atom stereocenters. The lowest BCUT2D eigenvalue weighted by atomic mass is 10.0. The summed E-state index contributed by atoms with van der Waals surface area (Å²) in [6.45, 7) is 0.970. The first kappa shape index (κ1) is 17.9. The van der Waals surface area contributed by atoms with Crippen molar-refractivity contribution in [2.75, 3.05) is 27.3 Å². The number of β-amino-alcohol motifs (C(OH)–C–C–N with tert-alkyl or cyclic N) is 1. The van der Waals surface area contributed by atoms with E-state index < -0.39 is 6.10 Å². The van der Waals surface area contributed by atoms with Crippen LogP contribution in [0.1, 0.15) is 32.1 Å². The van der Waals surface area contributed by atoms with Crippen molar-refractivity contribution in [2.45, 2.75) is 44.3 Å². The van der Waals surface area contributed by atoms with Crippen LogP contribution in [0.15, 0.2) is 18.2 Å². The summed E-state index contributed by atoms with van der Waals surface area (Å²) in [7, 11) is 3.16. The maximum atomic E-state index is 12.5. The van der Waals surface area contributed by atoms with Gasteiger partial charge < -0.3 is 24.2 Å². The molecular weight excluding hydrogens is 322 g/mol. The molecule has 3 rings (SSSR count). The maximum Gasteiger partial charge on any atom is 0.225 e. The van der Waals surface area contributed by atoms with Crippen LogP contribution >= 0.6 is 0 Å². The van der Waals surface area contributed by atoms with Gasteiger partial charge in [-0.15, -0.1) is 0 Å². The summed E-state index contributed by atoms with van der Waals surface area (Å²) in [6, 6.07) is 5.32. The van der Waals surface area contributed by atoms with Gasteiger partial charge in [-0.3, -0.25) is 4.79 Å². The number of aliphatic hydroxyl groups is 1. The molecule has 0 unspecified atom stereocenters. The number of rotatable bonds is 5. The zero-order chi connectivity index (χ0) is 17.8. The van der Waals surface area contributed by atoms with Gasteiger partial charge in [0.05, 0.1) is 20.8 Å². The van der Waals surface area contributed by atoms with E-state index in [1.54, 1.807) is 37.3 Å². The summed E-state index contributed by atoms with van der Waals surface area (Å²) in [5.41, 5.74) is 0. The maximum absolute atomic E-state index is 12.5. The van der Waals surface area contributed by atoms with Crippen molar-refractivity contribution in [1.82, 2.24) is 4.90 Å². The van der Waals surface area contributed by atoms with E-state index >= 15 is 0 Å². The normalized spacial score (nSPS) is 24.2. The van der Waals surface area contributed by atoms with Crippen molar-refractivity contribution in [1.29, 1.82) is 0 Å². The Hall–Kier alpha value is -1.95. The van der Waals surface area contributed by atoms with Gasteiger partial charge in [0.1, 0.15) is 18.0 Å². The van der Waals surface area contributed by atoms with Crippen LogP contribution in [0.2, 0.25) is 0 Å². The van der Waals surface area contributed by atoms with E-state index in [1.807, 2.05) is 0 Å². The summed E-state index contributed by atoms with van der Waals surface area (Å²) >= 11 is 0. The van der Waals surface area contributed by atoms with Crippen LogP contribution in [-0.2, 0) is 4.79 Å². The van der Waals surface area contributed by atoms with E-state index in [0.717, 1.165) is 25.7 Å². The highest BCUT2D eigenvalue weighted by atomic mass is 16.5. The van der Waals surface area contributed by atoms with Gasteiger partial charge in [-0.2, -0.15) is 0 Å². The standard InChI is InChI=1S/C19H27NO5/c1-23-17-8-7-14(11-18(17)24-2)25-16-9-10-20(12-15(16)21)19(22)13-5-3-4-6-13/h7-8,11,13,15-16,21H,3-6,9-10,12H2,1-2H3/t15-,16-/m1/s1. The van der Waals surface area contributed by atoms with Crippen molar-refractivity contribution >= 4 is 5.91 Å². The third-order valence-electron chi connectivity index (χ3n) is 5.18. The second-order valence-electron chi connectivity index (χ2n) is 6.79. The Morgan fingerprint density at radius 2 is 1.84 bits per heavy atom. The average molecular weight is 349 g/mol. The zero-order valence-corrected chi connectivity index (χ0v) is 14.9. The number of ether oxygens (including phenoxy) is 3. The van der Waals surface area contributed by atoms with E-state index in [9.17, 15) is 9.90 Å². The molecule has 1 aliphatic carbocycles. The molecule has 1 saturated carbocycles. The summed E-state index contributed by atoms with van der Waals surface area (Å²) in [4.78, 5) is 14.3. The Morgan fingerprint density at radius 3 is 2.48 bits per heavy atom. The number of amides is 1. The summed E-state index contributed by atoms with van der Waals surface area (Å²) < 4.78 is 16.4. The average Bonchev–Trinajstić information content (AvgIpc) is 3.17. The van der Waals surface area contributed by atoms with Gasteiger partial charge in [0, 0.05) is 24.9 Å². The minimum atomic E-state index is -0.688. The predicted octanol–water partition coefficient (Wildman–Crippen LogP) is 2.23. The molecule has 6 nitrogen and oxygen atoms in total. The van der Waals surface area contributed by atoms with Crippen LogP contribution in [0.4, 0.5) is 0 Å². The van der Waals surface area contributed by atoms with Crippen LogP contribution < -0.4 is 14.2 Å². The molecule has 2 fully saturated rings. The number of methoxy groups -OCH3 is 2. The molecule has 25 heavy (non-hydrogen) atoms. The fourth-order valence-corrected chi connectivity index (χ4v) is 3.74. The SMILES string of the molecule is COc1ccc(O[C@@H]2CCN(C(=O)C3CCCC3)C[C@H]2O)cc1OC. The Balaban J connectivity index is 1.59. The summed E-state index contributed by atoms with van der Waals surface area (Å²) in [5, 5.41) is 10.4. The number of hydrogen-bond donors (Lipinski definition) is 1. The van der Waals surface area contributed by atoms with Gasteiger partial charge in [-0.25, -0.2) is 0 Å². The summed E-state index contributed by atoms with van der Waals surface area (Å²) in [6.07, 6.45) is 3.84. The number of carbonyl (C=O) groups excluding carboxylic acids is 1. The van der Waals surface area contributed by atoms with Crippen LogP contribution in [0.3, 0.4) is 0 Å². The number of aliphatic hydroxyl groups excluding tert-OH is 1. The zero-order valence-electron chi connectivity index (χ0n) is 14.9. The topological polar surface area (TPSA) is 68.2 Å². The van der Waals surface area contributed by atoms with E-state index in [1.165, 1.54) is 0 Å². The van der Waals surface area contributed by atoms with Crippen molar-refractivity contribution in [3.63, 3.8) is 0 Å². The number of benzene rings is 1. The fraction of sp³-hybridized carbons (Fsp3) is 0.632. The molecule has 1 aliphatic heterocycles. The molecule has 1 N–H and O–H groups in total. The molecule has 2 aliphatic rings. The highest BCUT2D eigenvalue weighted by Gasteiger charge is 2.35. The fourth-order valence-electron chi connectivity index (χ4n) is 3.74. The highest BCUT2D eigenvalue weighted by molar-refractivity contribution is 5.79. The lowest BCUT2D eigenvalue weighted by molar-refractivity contribution is -0.141. The number of likely N-dealkylation sites (tertiary alicyclic amines) is 1. The van der Waals surface area contributed by atoms with E-state index in [-0.39, 0.29) is 17.9 Å². The minimum Gasteiger partial charge on any atom is -0.493 e. The summed E-state index contributed by atoms with van der Waals surface area (Å²) in [5.74, 6) is 2.18. The van der Waals surface area contributed by atoms with Gasteiger partial charge in [0.25, 0.3) is 0 Å². The van der Waals surface area contributed by atoms with E-state index in [4.69, 9.17) is 14.2 Å².